The third-order valence-corrected chi connectivity index (χ3v) is 3.85. The predicted octanol–water partition coefficient (Wildman–Crippen LogP) is 1.95. The van der Waals surface area contributed by atoms with Gasteiger partial charge in [0.05, 0.1) is 6.42 Å². The third-order valence-electron chi connectivity index (χ3n) is 3.85. The first-order valence-corrected chi connectivity index (χ1v) is 7.68. The predicted molar refractivity (Wildman–Crippen MR) is 82.8 cm³/mol. The van der Waals surface area contributed by atoms with Crippen molar-refractivity contribution >= 4 is 11.8 Å². The van der Waals surface area contributed by atoms with Gasteiger partial charge in [0.1, 0.15) is 0 Å². The van der Waals surface area contributed by atoms with E-state index in [-0.39, 0.29) is 17.7 Å². The monoisotopic (exact) mass is 288 g/mol. The molecule has 114 valence electrons. The minimum atomic E-state index is 0.0246. The Kier molecular flexibility index (Phi) is 5.37. The molecule has 4 nitrogen and oxygen atoms in total. The fraction of sp³-hybridized carbons (Fsp3) is 0.529. The molecule has 2 rings (SSSR count). The second kappa shape index (κ2) is 7.25. The first-order chi connectivity index (χ1) is 10.1. The van der Waals surface area contributed by atoms with Gasteiger partial charge in [-0.05, 0) is 12.0 Å². The molecule has 1 aliphatic rings. The highest BCUT2D eigenvalue weighted by Crippen LogP contribution is 2.10. The second-order valence-electron chi connectivity index (χ2n) is 5.88. The van der Waals surface area contributed by atoms with Crippen LogP contribution < -0.4 is 0 Å². The number of rotatable bonds is 3. The molecule has 0 radical (unpaired) electrons. The molecule has 0 atom stereocenters. The van der Waals surface area contributed by atoms with Crippen molar-refractivity contribution in [2.75, 3.05) is 26.2 Å². The molecule has 1 aromatic carbocycles. The van der Waals surface area contributed by atoms with Crippen molar-refractivity contribution < 1.29 is 9.59 Å². The van der Waals surface area contributed by atoms with Gasteiger partial charge in [0.15, 0.2) is 0 Å². The van der Waals surface area contributed by atoms with Crippen LogP contribution in [0.5, 0.6) is 0 Å². The zero-order valence-electron chi connectivity index (χ0n) is 12.9. The van der Waals surface area contributed by atoms with Gasteiger partial charge < -0.3 is 9.80 Å². The topological polar surface area (TPSA) is 40.6 Å². The van der Waals surface area contributed by atoms with E-state index < -0.39 is 0 Å². The molecule has 1 saturated heterocycles. The van der Waals surface area contributed by atoms with E-state index in [1.54, 1.807) is 0 Å². The van der Waals surface area contributed by atoms with Gasteiger partial charge in [-0.25, -0.2) is 0 Å². The van der Waals surface area contributed by atoms with Crippen molar-refractivity contribution in [2.45, 2.75) is 26.7 Å². The average molecular weight is 288 g/mol. The first-order valence-electron chi connectivity index (χ1n) is 7.68. The van der Waals surface area contributed by atoms with Crippen LogP contribution in [0.4, 0.5) is 0 Å². The Morgan fingerprint density at radius 2 is 1.62 bits per heavy atom. The minimum Gasteiger partial charge on any atom is -0.341 e. The molecule has 0 saturated carbocycles. The molecule has 1 heterocycles. The Morgan fingerprint density at radius 1 is 1.00 bits per heavy atom. The fourth-order valence-corrected chi connectivity index (χ4v) is 2.63. The van der Waals surface area contributed by atoms with E-state index in [0.717, 1.165) is 25.1 Å². The second-order valence-corrected chi connectivity index (χ2v) is 5.88. The molecule has 0 aliphatic carbocycles. The maximum Gasteiger partial charge on any atom is 0.227 e. The van der Waals surface area contributed by atoms with Gasteiger partial charge in [0.25, 0.3) is 0 Å². The van der Waals surface area contributed by atoms with Gasteiger partial charge in [0.2, 0.25) is 11.8 Å². The van der Waals surface area contributed by atoms with E-state index in [1.807, 2.05) is 54.0 Å². The zero-order chi connectivity index (χ0) is 15.2. The molecular formula is C17H24N2O2. The lowest BCUT2D eigenvalue weighted by Gasteiger charge is -2.23. The summed E-state index contributed by atoms with van der Waals surface area (Å²) in [5, 5.41) is 0. The highest BCUT2D eigenvalue weighted by molar-refractivity contribution is 5.80. The zero-order valence-corrected chi connectivity index (χ0v) is 12.9. The third kappa shape index (κ3) is 4.31. The standard InChI is InChI=1S/C17H24N2O2/c1-14(2)17(21)19-10-6-9-18(11-12-19)16(20)13-15-7-4-3-5-8-15/h3-5,7-8,14H,6,9-13H2,1-2H3. The van der Waals surface area contributed by atoms with E-state index in [2.05, 4.69) is 0 Å². The maximum atomic E-state index is 12.4. The van der Waals surface area contributed by atoms with E-state index in [4.69, 9.17) is 0 Å². The molecule has 0 unspecified atom stereocenters. The minimum absolute atomic E-state index is 0.0246. The van der Waals surface area contributed by atoms with Gasteiger partial charge in [-0.2, -0.15) is 0 Å². The summed E-state index contributed by atoms with van der Waals surface area (Å²) >= 11 is 0. The lowest BCUT2D eigenvalue weighted by molar-refractivity contribution is -0.135. The molecule has 0 aromatic heterocycles. The van der Waals surface area contributed by atoms with Gasteiger partial charge in [-0.15, -0.1) is 0 Å². The highest BCUT2D eigenvalue weighted by Gasteiger charge is 2.23. The number of hydrogen-bond acceptors (Lipinski definition) is 2. The van der Waals surface area contributed by atoms with E-state index in [9.17, 15) is 9.59 Å². The van der Waals surface area contributed by atoms with Crippen LogP contribution in [0.1, 0.15) is 25.8 Å². The van der Waals surface area contributed by atoms with E-state index in [0.29, 0.717) is 19.5 Å². The molecule has 1 fully saturated rings. The molecule has 0 bridgehead atoms. The van der Waals surface area contributed by atoms with Crippen LogP contribution in [0, 0.1) is 5.92 Å². The number of nitrogens with zero attached hydrogens (tertiary/aromatic N) is 2. The van der Waals surface area contributed by atoms with Crippen molar-refractivity contribution in [3.05, 3.63) is 35.9 Å². The van der Waals surface area contributed by atoms with Crippen LogP contribution in [0.15, 0.2) is 30.3 Å². The Morgan fingerprint density at radius 3 is 2.29 bits per heavy atom. The molecule has 1 aliphatic heterocycles. The maximum absolute atomic E-state index is 12.4. The largest absolute Gasteiger partial charge is 0.341 e. The van der Waals surface area contributed by atoms with Crippen LogP contribution in [0.2, 0.25) is 0 Å². The van der Waals surface area contributed by atoms with Gasteiger partial charge in [0, 0.05) is 32.1 Å². The van der Waals surface area contributed by atoms with Crippen molar-refractivity contribution in [3.63, 3.8) is 0 Å². The molecule has 21 heavy (non-hydrogen) atoms. The van der Waals surface area contributed by atoms with Crippen molar-refractivity contribution in [2.24, 2.45) is 5.92 Å². The van der Waals surface area contributed by atoms with Crippen LogP contribution in [0.25, 0.3) is 0 Å². The van der Waals surface area contributed by atoms with Crippen molar-refractivity contribution in [1.29, 1.82) is 0 Å². The first kappa shape index (κ1) is 15.5. The van der Waals surface area contributed by atoms with Gasteiger partial charge >= 0.3 is 0 Å². The summed E-state index contributed by atoms with van der Waals surface area (Å²) in [7, 11) is 0. The van der Waals surface area contributed by atoms with E-state index in [1.165, 1.54) is 0 Å². The molecular weight excluding hydrogens is 264 g/mol. The Hall–Kier alpha value is -1.84. The van der Waals surface area contributed by atoms with Crippen molar-refractivity contribution in [3.8, 4) is 0 Å². The normalized spacial score (nSPS) is 16.0. The SMILES string of the molecule is CC(C)C(=O)N1CCCN(C(=O)Cc2ccccc2)CC1. The van der Waals surface area contributed by atoms with Crippen LogP contribution in [-0.2, 0) is 16.0 Å². The summed E-state index contributed by atoms with van der Waals surface area (Å²) in [6.45, 7) is 6.64. The number of hydrogen-bond donors (Lipinski definition) is 0. The molecule has 0 spiro atoms. The molecule has 4 heteroatoms. The summed E-state index contributed by atoms with van der Waals surface area (Å²) < 4.78 is 0. The Balaban J connectivity index is 1.90. The van der Waals surface area contributed by atoms with Crippen LogP contribution in [-0.4, -0.2) is 47.8 Å². The van der Waals surface area contributed by atoms with E-state index >= 15 is 0 Å². The summed E-state index contributed by atoms with van der Waals surface area (Å²) in [6, 6.07) is 9.81. The average Bonchev–Trinajstić information content (AvgIpc) is 2.73. The summed E-state index contributed by atoms with van der Waals surface area (Å²) in [5.74, 6) is 0.365. The lowest BCUT2D eigenvalue weighted by Crippen LogP contribution is -2.39. The summed E-state index contributed by atoms with van der Waals surface area (Å²) in [6.07, 6.45) is 1.30. The highest BCUT2D eigenvalue weighted by atomic mass is 16.2. The van der Waals surface area contributed by atoms with Crippen LogP contribution >= 0.6 is 0 Å². The Bertz CT molecular complexity index is 485. The smallest absolute Gasteiger partial charge is 0.227 e. The van der Waals surface area contributed by atoms with Crippen LogP contribution in [0.3, 0.4) is 0 Å². The number of benzene rings is 1. The molecule has 0 N–H and O–H groups in total. The number of carbonyl (C=O) groups excluding carboxylic acids is 2. The lowest BCUT2D eigenvalue weighted by atomic mass is 10.1. The van der Waals surface area contributed by atoms with Gasteiger partial charge in [-0.3, -0.25) is 9.59 Å². The number of amides is 2. The van der Waals surface area contributed by atoms with Gasteiger partial charge in [-0.1, -0.05) is 44.2 Å². The van der Waals surface area contributed by atoms with Crippen molar-refractivity contribution in [1.82, 2.24) is 9.80 Å². The Labute approximate surface area is 126 Å². The summed E-state index contributed by atoms with van der Waals surface area (Å²) in [4.78, 5) is 28.2. The summed E-state index contributed by atoms with van der Waals surface area (Å²) in [5.41, 5.74) is 1.04. The quantitative estimate of drug-likeness (QED) is 0.853. The molecule has 1 aromatic rings. The fourth-order valence-electron chi connectivity index (χ4n) is 2.63. The molecule has 2 amide bonds. The number of carbonyl (C=O) groups is 2.